The first kappa shape index (κ1) is 15.3. The highest BCUT2D eigenvalue weighted by Gasteiger charge is 2.23. The van der Waals surface area contributed by atoms with Crippen molar-refractivity contribution in [2.75, 3.05) is 5.75 Å². The first-order chi connectivity index (χ1) is 6.86. The van der Waals surface area contributed by atoms with E-state index in [2.05, 4.69) is 0 Å². The minimum absolute atomic E-state index is 0.214. The summed E-state index contributed by atoms with van der Waals surface area (Å²) in [6.07, 6.45) is 0. The predicted molar refractivity (Wildman–Crippen MR) is 69.1 cm³/mol. The lowest BCUT2D eigenvalue weighted by Crippen LogP contribution is -2.37. The Morgan fingerprint density at radius 1 is 1.27 bits per heavy atom. The average molecular weight is 366 g/mol. The molecule has 6 nitrogen and oxygen atoms in total. The van der Waals surface area contributed by atoms with E-state index in [1.807, 2.05) is 22.6 Å². The molecule has 0 bridgehead atoms. The number of carbonyl (C=O) groups is 2. The lowest BCUT2D eigenvalue weighted by Gasteiger charge is -2.13. The van der Waals surface area contributed by atoms with Crippen molar-refractivity contribution >= 4 is 56.1 Å². The summed E-state index contributed by atoms with van der Waals surface area (Å²) in [6.45, 7) is 0. The Bertz CT molecular complexity index is 243. The number of halogens is 1. The Kier molecular flexibility index (Phi) is 7.69. The van der Waals surface area contributed by atoms with Crippen LogP contribution in [0.3, 0.4) is 0 Å². The monoisotopic (exact) mass is 366 g/mol. The fourth-order valence-corrected chi connectivity index (χ4v) is 4.21. The standard InChI is InChI=1S/C6H11IN2O4S2/c7-4(3(9)6(12)13)15-14-1-2(8)5(10)11/h2-4H,1,8-9H2,(H,10,11)(H,12,13)/t2-,3-,4?/m0/s1. The van der Waals surface area contributed by atoms with Crippen LogP contribution >= 0.6 is 44.2 Å². The zero-order chi connectivity index (χ0) is 12.0. The molecule has 0 aromatic heterocycles. The molecule has 0 fully saturated rings. The topological polar surface area (TPSA) is 127 Å². The van der Waals surface area contributed by atoms with Crippen LogP contribution in [-0.4, -0.2) is 43.2 Å². The zero-order valence-corrected chi connectivity index (χ0v) is 11.3. The Morgan fingerprint density at radius 2 is 1.80 bits per heavy atom. The van der Waals surface area contributed by atoms with Gasteiger partial charge in [0.25, 0.3) is 0 Å². The fourth-order valence-electron chi connectivity index (χ4n) is 0.421. The van der Waals surface area contributed by atoms with E-state index in [4.69, 9.17) is 21.7 Å². The van der Waals surface area contributed by atoms with E-state index >= 15 is 0 Å². The van der Waals surface area contributed by atoms with Crippen molar-refractivity contribution in [3.63, 3.8) is 0 Å². The molecule has 0 aliphatic rings. The first-order valence-electron chi connectivity index (χ1n) is 3.75. The van der Waals surface area contributed by atoms with E-state index in [1.54, 1.807) is 0 Å². The normalized spacial score (nSPS) is 16.7. The summed E-state index contributed by atoms with van der Waals surface area (Å²) in [5.74, 6) is -1.94. The lowest BCUT2D eigenvalue weighted by molar-refractivity contribution is -0.138. The van der Waals surface area contributed by atoms with Gasteiger partial charge in [0.1, 0.15) is 12.1 Å². The molecule has 0 aromatic carbocycles. The number of carboxylic acid groups (broad SMARTS) is 2. The van der Waals surface area contributed by atoms with E-state index in [0.29, 0.717) is 0 Å². The van der Waals surface area contributed by atoms with Crippen LogP contribution in [-0.2, 0) is 9.59 Å². The second-order valence-electron chi connectivity index (χ2n) is 2.54. The van der Waals surface area contributed by atoms with Gasteiger partial charge in [0.2, 0.25) is 0 Å². The van der Waals surface area contributed by atoms with Crippen molar-refractivity contribution in [3.8, 4) is 0 Å². The maximum atomic E-state index is 10.5. The molecule has 15 heavy (non-hydrogen) atoms. The second kappa shape index (κ2) is 7.54. The second-order valence-corrected chi connectivity index (χ2v) is 7.28. The van der Waals surface area contributed by atoms with Gasteiger partial charge in [-0.25, -0.2) is 0 Å². The van der Waals surface area contributed by atoms with Gasteiger partial charge in [-0.3, -0.25) is 9.59 Å². The maximum absolute atomic E-state index is 10.5. The summed E-state index contributed by atoms with van der Waals surface area (Å²) in [4.78, 5) is 20.8. The fraction of sp³-hybridized carbons (Fsp3) is 0.667. The highest BCUT2D eigenvalue weighted by Crippen LogP contribution is 2.32. The molecule has 1 unspecified atom stereocenters. The minimum atomic E-state index is -1.08. The van der Waals surface area contributed by atoms with Crippen LogP contribution in [0.4, 0.5) is 0 Å². The molecule has 0 rings (SSSR count). The lowest BCUT2D eigenvalue weighted by atomic mass is 10.4. The zero-order valence-electron chi connectivity index (χ0n) is 7.50. The highest BCUT2D eigenvalue weighted by molar-refractivity contribution is 14.1. The molecule has 3 atom stereocenters. The largest absolute Gasteiger partial charge is 0.480 e. The SMILES string of the molecule is N[C@H](C(=O)O)C(I)SSC[C@H](N)C(=O)O. The number of aliphatic carboxylic acids is 2. The Morgan fingerprint density at radius 3 is 2.20 bits per heavy atom. The molecule has 9 heteroatoms. The van der Waals surface area contributed by atoms with Crippen LogP contribution in [0, 0.1) is 0 Å². The maximum Gasteiger partial charge on any atom is 0.322 e. The van der Waals surface area contributed by atoms with E-state index in [1.165, 1.54) is 21.6 Å². The van der Waals surface area contributed by atoms with Crippen LogP contribution in [0.1, 0.15) is 0 Å². The van der Waals surface area contributed by atoms with Crippen molar-refractivity contribution in [1.29, 1.82) is 0 Å². The van der Waals surface area contributed by atoms with Gasteiger partial charge < -0.3 is 21.7 Å². The third-order valence-electron chi connectivity index (χ3n) is 1.29. The summed E-state index contributed by atoms with van der Waals surface area (Å²) in [7, 11) is 2.42. The van der Waals surface area contributed by atoms with Gasteiger partial charge in [0.05, 0.1) is 3.26 Å². The van der Waals surface area contributed by atoms with Crippen molar-refractivity contribution in [2.45, 2.75) is 15.3 Å². The summed E-state index contributed by atoms with van der Waals surface area (Å²) < 4.78 is -0.328. The molecule has 0 radical (unpaired) electrons. The molecular weight excluding hydrogens is 355 g/mol. The minimum Gasteiger partial charge on any atom is -0.480 e. The third-order valence-corrected chi connectivity index (χ3v) is 6.41. The number of nitrogens with two attached hydrogens (primary N) is 2. The van der Waals surface area contributed by atoms with Crippen LogP contribution < -0.4 is 11.5 Å². The van der Waals surface area contributed by atoms with Crippen molar-refractivity contribution in [3.05, 3.63) is 0 Å². The van der Waals surface area contributed by atoms with Gasteiger partial charge in [0.15, 0.2) is 0 Å². The number of carboxylic acids is 2. The quantitative estimate of drug-likeness (QED) is 0.281. The van der Waals surface area contributed by atoms with E-state index in [-0.39, 0.29) is 9.01 Å². The number of rotatable bonds is 7. The molecule has 0 aromatic rings. The molecule has 0 heterocycles. The number of hydrogen-bond donors (Lipinski definition) is 4. The number of alkyl halides is 1. The van der Waals surface area contributed by atoms with Crippen LogP contribution in [0.5, 0.6) is 0 Å². The third kappa shape index (κ3) is 6.45. The van der Waals surface area contributed by atoms with E-state index < -0.39 is 24.0 Å². The Balaban J connectivity index is 3.77. The van der Waals surface area contributed by atoms with Crippen molar-refractivity contribution in [2.24, 2.45) is 11.5 Å². The highest BCUT2D eigenvalue weighted by atomic mass is 127. The first-order valence-corrected chi connectivity index (χ1v) is 7.38. The smallest absolute Gasteiger partial charge is 0.322 e. The Labute approximate surface area is 108 Å². The molecule has 0 saturated heterocycles. The molecule has 88 valence electrons. The van der Waals surface area contributed by atoms with E-state index in [0.717, 1.165) is 0 Å². The molecule has 0 aliphatic heterocycles. The van der Waals surface area contributed by atoms with Crippen LogP contribution in [0.25, 0.3) is 0 Å². The Hall–Kier alpha value is 0.290. The van der Waals surface area contributed by atoms with Crippen LogP contribution in [0.15, 0.2) is 0 Å². The predicted octanol–water partition coefficient (Wildman–Crippen LogP) is -0.0473. The molecule has 0 amide bonds. The molecular formula is C6H11IN2O4S2. The summed E-state index contributed by atoms with van der Waals surface area (Å²) >= 11 is 1.89. The molecule has 0 saturated carbocycles. The van der Waals surface area contributed by atoms with Gasteiger partial charge in [-0.1, -0.05) is 44.2 Å². The van der Waals surface area contributed by atoms with Gasteiger partial charge in [-0.2, -0.15) is 0 Å². The number of hydrogen-bond acceptors (Lipinski definition) is 6. The molecule has 0 spiro atoms. The summed E-state index contributed by atoms with van der Waals surface area (Å²) in [6, 6.07) is -1.91. The van der Waals surface area contributed by atoms with Crippen molar-refractivity contribution in [1.82, 2.24) is 0 Å². The van der Waals surface area contributed by atoms with Gasteiger partial charge >= 0.3 is 11.9 Å². The van der Waals surface area contributed by atoms with Crippen molar-refractivity contribution < 1.29 is 19.8 Å². The average Bonchev–Trinajstić information content (AvgIpc) is 2.15. The van der Waals surface area contributed by atoms with Gasteiger partial charge in [0, 0.05) is 5.75 Å². The van der Waals surface area contributed by atoms with Gasteiger partial charge in [-0.15, -0.1) is 0 Å². The van der Waals surface area contributed by atoms with E-state index in [9.17, 15) is 9.59 Å². The van der Waals surface area contributed by atoms with Gasteiger partial charge in [-0.05, 0) is 0 Å². The molecule has 6 N–H and O–H groups in total. The summed E-state index contributed by atoms with van der Waals surface area (Å²) in [5, 5.41) is 17.1. The van der Waals surface area contributed by atoms with Crippen LogP contribution in [0.2, 0.25) is 0 Å². The summed E-state index contributed by atoms with van der Waals surface area (Å²) in [5.41, 5.74) is 10.6. The molecule has 0 aliphatic carbocycles.